The Kier molecular flexibility index (Phi) is 9.01. The van der Waals surface area contributed by atoms with Gasteiger partial charge < -0.3 is 9.64 Å². The van der Waals surface area contributed by atoms with Gasteiger partial charge in [0.15, 0.2) is 0 Å². The maximum Gasteiger partial charge on any atom is 0.269 e. The molecule has 0 aromatic heterocycles. The van der Waals surface area contributed by atoms with Crippen LogP contribution in [-0.2, 0) is 22.9 Å². The maximum absolute atomic E-state index is 12.7. The lowest BCUT2D eigenvalue weighted by Gasteiger charge is -2.35. The zero-order valence-electron chi connectivity index (χ0n) is 20.0. The van der Waals surface area contributed by atoms with Crippen LogP contribution < -0.4 is 4.74 Å². The van der Waals surface area contributed by atoms with Crippen LogP contribution in [0.25, 0.3) is 0 Å². The molecule has 6 nitrogen and oxygen atoms in total. The number of carbonyl (C=O) groups excluding carboxylic acids is 1. The van der Waals surface area contributed by atoms with Gasteiger partial charge in [-0.05, 0) is 80.9 Å². The van der Waals surface area contributed by atoms with Gasteiger partial charge in [-0.25, -0.2) is 12.7 Å². The number of methoxy groups -OCH3 is 1. The van der Waals surface area contributed by atoms with E-state index >= 15 is 0 Å². The molecule has 4 rings (SSSR count). The summed E-state index contributed by atoms with van der Waals surface area (Å²) >= 11 is 0. The smallest absolute Gasteiger partial charge is 0.269 e. The Hall–Kier alpha value is -2.09. The molecule has 1 heterocycles. The molecule has 1 aliphatic carbocycles. The molecule has 2 aromatic rings. The van der Waals surface area contributed by atoms with E-state index in [0.717, 1.165) is 61.7 Å². The van der Waals surface area contributed by atoms with E-state index in [1.54, 1.807) is 25.3 Å². The van der Waals surface area contributed by atoms with E-state index in [4.69, 9.17) is 4.74 Å². The molecule has 1 aliphatic heterocycles. The number of ether oxygens (including phenoxy) is 1. The molecule has 8 heteroatoms. The maximum atomic E-state index is 12.7. The van der Waals surface area contributed by atoms with E-state index in [1.807, 2.05) is 0 Å². The molecule has 0 radical (unpaired) electrons. The van der Waals surface area contributed by atoms with E-state index < -0.39 is 15.9 Å². The van der Waals surface area contributed by atoms with Crippen LogP contribution in [0.15, 0.2) is 47.4 Å². The van der Waals surface area contributed by atoms with Gasteiger partial charge in [0.25, 0.3) is 15.9 Å². The zero-order valence-corrected chi connectivity index (χ0v) is 21.7. The van der Waals surface area contributed by atoms with E-state index in [0.29, 0.717) is 18.0 Å². The first-order chi connectivity index (χ1) is 16.0. The Morgan fingerprint density at radius 3 is 2.59 bits per heavy atom. The van der Waals surface area contributed by atoms with Crippen LogP contribution in [0.5, 0.6) is 5.75 Å². The van der Waals surface area contributed by atoms with Crippen LogP contribution in [0.1, 0.15) is 60.5 Å². The molecule has 1 atom stereocenters. The van der Waals surface area contributed by atoms with Crippen molar-refractivity contribution >= 4 is 28.3 Å². The third-order valence-corrected chi connectivity index (χ3v) is 8.72. The summed E-state index contributed by atoms with van der Waals surface area (Å²) in [6.45, 7) is 4.51. The summed E-state index contributed by atoms with van der Waals surface area (Å²) in [5.41, 5.74) is 3.04. The Labute approximate surface area is 209 Å². The Balaban J connectivity index is 0.00000324. The van der Waals surface area contributed by atoms with Crippen molar-refractivity contribution in [3.8, 4) is 5.75 Å². The van der Waals surface area contributed by atoms with Crippen molar-refractivity contribution in [3.63, 3.8) is 0 Å². The summed E-state index contributed by atoms with van der Waals surface area (Å²) in [5, 5.41) is 0. The van der Waals surface area contributed by atoms with Gasteiger partial charge in [-0.15, -0.1) is 12.4 Å². The van der Waals surface area contributed by atoms with Crippen LogP contribution in [0.2, 0.25) is 0 Å². The SMILES string of the molecule is CCCN(CCCCCN1C(=O)c2ccccc2S1(=O)=O)C1CCc2cccc(OC)c2C1.Cl. The fourth-order valence-corrected chi connectivity index (χ4v) is 6.81. The number of rotatable bonds is 10. The molecule has 34 heavy (non-hydrogen) atoms. The highest BCUT2D eigenvalue weighted by atomic mass is 35.5. The average Bonchev–Trinajstić information content (AvgIpc) is 3.03. The first-order valence-corrected chi connectivity index (χ1v) is 13.5. The van der Waals surface area contributed by atoms with Gasteiger partial charge >= 0.3 is 0 Å². The van der Waals surface area contributed by atoms with Crippen molar-refractivity contribution < 1.29 is 17.9 Å². The lowest BCUT2D eigenvalue weighted by molar-refractivity contribution is 0.0869. The zero-order chi connectivity index (χ0) is 23.4. The molecule has 0 fully saturated rings. The van der Waals surface area contributed by atoms with Crippen molar-refractivity contribution in [2.24, 2.45) is 0 Å². The first kappa shape index (κ1) is 26.5. The number of amides is 1. The second-order valence-corrected chi connectivity index (χ2v) is 10.8. The monoisotopic (exact) mass is 506 g/mol. The number of aryl methyl sites for hydroxylation is 1. The molecule has 0 saturated heterocycles. The van der Waals surface area contributed by atoms with Gasteiger partial charge in [-0.2, -0.15) is 0 Å². The van der Waals surface area contributed by atoms with E-state index in [1.165, 1.54) is 17.2 Å². The molecule has 1 amide bonds. The second-order valence-electron chi connectivity index (χ2n) is 8.97. The molecular formula is C26H35ClN2O4S. The topological polar surface area (TPSA) is 66.9 Å². The molecular weight excluding hydrogens is 472 g/mol. The van der Waals surface area contributed by atoms with Crippen LogP contribution in [0, 0.1) is 0 Å². The van der Waals surface area contributed by atoms with Crippen LogP contribution in [-0.4, -0.2) is 56.3 Å². The standard InChI is InChI=1S/C26H34N2O4S.ClH/c1-3-16-27(21-15-14-20-10-9-12-24(32-2)23(20)19-21)17-7-4-8-18-28-26(29)22-11-5-6-13-25(22)33(28,30)31;/h5-6,9-13,21H,3-4,7-8,14-19H2,1-2H3;1H. The number of sulfonamides is 1. The number of hydrogen-bond acceptors (Lipinski definition) is 5. The van der Waals surface area contributed by atoms with Gasteiger partial charge in [-0.1, -0.05) is 37.6 Å². The summed E-state index contributed by atoms with van der Waals surface area (Å²) in [5.74, 6) is 0.596. The number of halogens is 1. The first-order valence-electron chi connectivity index (χ1n) is 12.0. The lowest BCUT2D eigenvalue weighted by atomic mass is 9.86. The van der Waals surface area contributed by atoms with Crippen LogP contribution in [0.3, 0.4) is 0 Å². The largest absolute Gasteiger partial charge is 0.496 e. The number of benzene rings is 2. The third kappa shape index (κ3) is 5.26. The van der Waals surface area contributed by atoms with Crippen molar-refractivity contribution in [3.05, 3.63) is 59.2 Å². The number of unbranched alkanes of at least 4 members (excludes halogenated alkanes) is 2. The quantitative estimate of drug-likeness (QED) is 0.437. The summed E-state index contributed by atoms with van der Waals surface area (Å²) < 4.78 is 32.1. The minimum absolute atomic E-state index is 0. The van der Waals surface area contributed by atoms with Gasteiger partial charge in [0.2, 0.25) is 0 Å². The number of nitrogens with zero attached hydrogens (tertiary/aromatic N) is 2. The summed E-state index contributed by atoms with van der Waals surface area (Å²) in [6, 6.07) is 13.3. The van der Waals surface area contributed by atoms with Gasteiger partial charge in [0, 0.05) is 12.6 Å². The predicted octanol–water partition coefficient (Wildman–Crippen LogP) is 4.70. The Bertz CT molecular complexity index is 1090. The molecule has 186 valence electrons. The fourth-order valence-electron chi connectivity index (χ4n) is 5.20. The van der Waals surface area contributed by atoms with Crippen molar-refractivity contribution in [2.45, 2.75) is 62.8 Å². The van der Waals surface area contributed by atoms with Crippen molar-refractivity contribution in [1.82, 2.24) is 9.21 Å². The summed E-state index contributed by atoms with van der Waals surface area (Å²) in [7, 11) is -1.96. The van der Waals surface area contributed by atoms with Gasteiger partial charge in [0.1, 0.15) is 10.6 Å². The molecule has 2 aromatic carbocycles. The summed E-state index contributed by atoms with van der Waals surface area (Å²) in [4.78, 5) is 15.3. The van der Waals surface area contributed by atoms with E-state index in [-0.39, 0.29) is 23.8 Å². The molecule has 0 bridgehead atoms. The molecule has 1 unspecified atom stereocenters. The second kappa shape index (κ2) is 11.6. The Morgan fingerprint density at radius 1 is 1.06 bits per heavy atom. The minimum Gasteiger partial charge on any atom is -0.496 e. The molecule has 2 aliphatic rings. The van der Waals surface area contributed by atoms with Crippen molar-refractivity contribution in [2.75, 3.05) is 26.7 Å². The Morgan fingerprint density at radius 2 is 1.85 bits per heavy atom. The third-order valence-electron chi connectivity index (χ3n) is 6.88. The van der Waals surface area contributed by atoms with E-state index in [9.17, 15) is 13.2 Å². The highest BCUT2D eigenvalue weighted by molar-refractivity contribution is 7.90. The lowest BCUT2D eigenvalue weighted by Crippen LogP contribution is -2.40. The molecule has 0 spiro atoms. The fraction of sp³-hybridized carbons (Fsp3) is 0.500. The minimum atomic E-state index is -3.70. The van der Waals surface area contributed by atoms with Gasteiger partial charge in [-0.3, -0.25) is 4.79 Å². The number of carbonyl (C=O) groups is 1. The number of fused-ring (bicyclic) bond motifs is 2. The number of hydrogen-bond donors (Lipinski definition) is 0. The van der Waals surface area contributed by atoms with Crippen LogP contribution in [0.4, 0.5) is 0 Å². The molecule has 0 saturated carbocycles. The highest BCUT2D eigenvalue weighted by Crippen LogP contribution is 2.32. The normalized spacial score (nSPS) is 18.4. The summed E-state index contributed by atoms with van der Waals surface area (Å²) in [6.07, 6.45) is 6.91. The molecule has 0 N–H and O–H groups in total. The average molecular weight is 507 g/mol. The van der Waals surface area contributed by atoms with E-state index in [2.05, 4.69) is 30.0 Å². The highest BCUT2D eigenvalue weighted by Gasteiger charge is 2.40. The predicted molar refractivity (Wildman–Crippen MR) is 136 cm³/mol. The van der Waals surface area contributed by atoms with Crippen molar-refractivity contribution in [1.29, 1.82) is 0 Å². The van der Waals surface area contributed by atoms with Gasteiger partial charge in [0.05, 0.1) is 12.7 Å². The van der Waals surface area contributed by atoms with Crippen LogP contribution >= 0.6 is 12.4 Å².